The summed E-state index contributed by atoms with van der Waals surface area (Å²) in [6, 6.07) is -0.0862. The molecule has 0 aromatic carbocycles. The minimum absolute atomic E-state index is 0.0618. The third kappa shape index (κ3) is 1.40. The summed E-state index contributed by atoms with van der Waals surface area (Å²) in [6.07, 6.45) is -0.206. The molecule has 0 bridgehead atoms. The average Bonchev–Trinajstić information content (AvgIpc) is 2.22. The molecule has 0 unspecified atom stereocenters. The van der Waals surface area contributed by atoms with Gasteiger partial charge in [0.15, 0.2) is 0 Å². The highest BCUT2D eigenvalue weighted by molar-refractivity contribution is 5.80. The first-order chi connectivity index (χ1) is 7.43. The molecule has 0 saturated carbocycles. The van der Waals surface area contributed by atoms with Crippen LogP contribution in [0.15, 0.2) is 0 Å². The number of hydrogen-bond donors (Lipinski definition) is 2. The van der Waals surface area contributed by atoms with Crippen molar-refractivity contribution in [3.63, 3.8) is 0 Å². The van der Waals surface area contributed by atoms with Gasteiger partial charge in [-0.25, -0.2) is 9.59 Å². The molecule has 2 saturated heterocycles. The first-order valence-corrected chi connectivity index (χ1v) is 5.50. The molecule has 90 valence electrons. The molecule has 2 fully saturated rings. The second-order valence-corrected chi connectivity index (χ2v) is 4.67. The number of rotatable bonds is 0. The van der Waals surface area contributed by atoms with Crippen molar-refractivity contribution in [1.82, 2.24) is 20.4 Å². The van der Waals surface area contributed by atoms with Gasteiger partial charge in [0.1, 0.15) is 6.17 Å². The van der Waals surface area contributed by atoms with Crippen LogP contribution in [0.4, 0.5) is 9.59 Å². The second-order valence-electron chi connectivity index (χ2n) is 4.67. The standard InChI is InChI=1S/C10H18N4O2/c1-5-7-6(2)13(3)10(16)12-8(7)14(4)9(15)11-5/h5-8H,1-4H3,(H,11,15)(H,12,16)/t5-,6-,7+,8+/m1/s1. The summed E-state index contributed by atoms with van der Waals surface area (Å²) in [5.74, 6) is 0.199. The first-order valence-electron chi connectivity index (χ1n) is 5.50. The lowest BCUT2D eigenvalue weighted by Crippen LogP contribution is -2.73. The van der Waals surface area contributed by atoms with Crippen LogP contribution in [0.1, 0.15) is 13.8 Å². The maximum atomic E-state index is 11.7. The molecule has 4 amide bonds. The van der Waals surface area contributed by atoms with Gasteiger partial charge in [0.05, 0.1) is 0 Å². The van der Waals surface area contributed by atoms with E-state index in [-0.39, 0.29) is 36.2 Å². The van der Waals surface area contributed by atoms with E-state index in [1.807, 2.05) is 13.8 Å². The smallest absolute Gasteiger partial charge is 0.319 e. The lowest BCUT2D eigenvalue weighted by Gasteiger charge is -2.51. The largest absolute Gasteiger partial charge is 0.335 e. The Morgan fingerprint density at radius 1 is 1.00 bits per heavy atom. The molecule has 0 radical (unpaired) electrons. The van der Waals surface area contributed by atoms with Crippen molar-refractivity contribution in [2.75, 3.05) is 14.1 Å². The van der Waals surface area contributed by atoms with Crippen LogP contribution in [-0.2, 0) is 0 Å². The maximum Gasteiger partial charge on any atom is 0.319 e. The summed E-state index contributed by atoms with van der Waals surface area (Å²) >= 11 is 0. The van der Waals surface area contributed by atoms with Crippen molar-refractivity contribution < 1.29 is 9.59 Å². The predicted octanol–water partition coefficient (Wildman–Crippen LogP) is 0.0157. The summed E-state index contributed by atoms with van der Waals surface area (Å²) in [4.78, 5) is 26.5. The zero-order valence-electron chi connectivity index (χ0n) is 10.0. The highest BCUT2D eigenvalue weighted by Crippen LogP contribution is 2.27. The Morgan fingerprint density at radius 2 is 1.56 bits per heavy atom. The Hall–Kier alpha value is -1.46. The highest BCUT2D eigenvalue weighted by atomic mass is 16.2. The van der Waals surface area contributed by atoms with E-state index < -0.39 is 0 Å². The topological polar surface area (TPSA) is 64.7 Å². The van der Waals surface area contributed by atoms with E-state index in [1.165, 1.54) is 0 Å². The van der Waals surface area contributed by atoms with Crippen LogP contribution in [0.5, 0.6) is 0 Å². The lowest BCUT2D eigenvalue weighted by atomic mass is 9.86. The maximum absolute atomic E-state index is 11.7. The van der Waals surface area contributed by atoms with Gasteiger partial charge < -0.3 is 20.4 Å². The van der Waals surface area contributed by atoms with E-state index in [2.05, 4.69) is 10.6 Å². The fraction of sp³-hybridized carbons (Fsp3) is 0.800. The van der Waals surface area contributed by atoms with Crippen LogP contribution in [0.2, 0.25) is 0 Å². The van der Waals surface area contributed by atoms with Crippen LogP contribution in [-0.4, -0.2) is 54.2 Å². The minimum atomic E-state index is -0.206. The summed E-state index contributed by atoms with van der Waals surface area (Å²) in [5, 5.41) is 5.76. The number of fused-ring (bicyclic) bond motifs is 1. The molecule has 6 heteroatoms. The summed E-state index contributed by atoms with van der Waals surface area (Å²) < 4.78 is 0. The number of carbonyl (C=O) groups is 2. The molecular formula is C10H18N4O2. The zero-order valence-corrected chi connectivity index (χ0v) is 10.0. The number of nitrogens with zero attached hydrogens (tertiary/aromatic N) is 2. The monoisotopic (exact) mass is 226 g/mol. The molecule has 16 heavy (non-hydrogen) atoms. The summed E-state index contributed by atoms with van der Waals surface area (Å²) in [5.41, 5.74) is 0. The third-order valence-electron chi connectivity index (χ3n) is 3.79. The van der Waals surface area contributed by atoms with Gasteiger partial charge in [-0.3, -0.25) is 0 Å². The molecule has 4 atom stereocenters. The molecule has 2 N–H and O–H groups in total. The number of carbonyl (C=O) groups excluding carboxylic acids is 2. The van der Waals surface area contributed by atoms with E-state index in [0.29, 0.717) is 0 Å². The number of urea groups is 2. The van der Waals surface area contributed by atoms with Crippen LogP contribution in [0.3, 0.4) is 0 Å². The Kier molecular flexibility index (Phi) is 2.44. The highest BCUT2D eigenvalue weighted by Gasteiger charge is 2.47. The molecule has 0 aromatic rings. The van der Waals surface area contributed by atoms with Crippen LogP contribution >= 0.6 is 0 Å². The van der Waals surface area contributed by atoms with E-state index in [0.717, 1.165) is 0 Å². The Bertz CT molecular complexity index is 333. The fourth-order valence-corrected chi connectivity index (χ4v) is 2.60. The number of nitrogens with one attached hydrogen (secondary N) is 2. The fourth-order valence-electron chi connectivity index (χ4n) is 2.60. The van der Waals surface area contributed by atoms with Gasteiger partial charge in [-0.05, 0) is 13.8 Å². The quantitative estimate of drug-likeness (QED) is 0.611. The molecule has 0 aromatic heterocycles. The van der Waals surface area contributed by atoms with Gasteiger partial charge in [0.25, 0.3) is 0 Å². The van der Waals surface area contributed by atoms with Crippen molar-refractivity contribution in [3.8, 4) is 0 Å². The van der Waals surface area contributed by atoms with Gasteiger partial charge in [-0.2, -0.15) is 0 Å². The predicted molar refractivity (Wildman–Crippen MR) is 58.8 cm³/mol. The Labute approximate surface area is 95.0 Å². The average molecular weight is 226 g/mol. The molecule has 2 rings (SSSR count). The zero-order chi connectivity index (χ0) is 12.0. The van der Waals surface area contributed by atoms with E-state index >= 15 is 0 Å². The van der Waals surface area contributed by atoms with Crippen LogP contribution in [0, 0.1) is 5.92 Å². The third-order valence-corrected chi connectivity index (χ3v) is 3.79. The number of hydrogen-bond acceptors (Lipinski definition) is 2. The SMILES string of the molecule is C[C@@H]1[C@H]2[C@@H](NC(=O)N1C)N(C)C(=O)N[C@@H]2C. The molecule has 2 aliphatic rings. The molecule has 0 aliphatic carbocycles. The van der Waals surface area contributed by atoms with Crippen molar-refractivity contribution in [2.24, 2.45) is 5.92 Å². The van der Waals surface area contributed by atoms with Gasteiger partial charge in [0, 0.05) is 32.1 Å². The normalized spacial score (nSPS) is 39.0. The van der Waals surface area contributed by atoms with Gasteiger partial charge in [0.2, 0.25) is 0 Å². The van der Waals surface area contributed by atoms with Crippen molar-refractivity contribution >= 4 is 12.1 Å². The van der Waals surface area contributed by atoms with Crippen molar-refractivity contribution in [3.05, 3.63) is 0 Å². The number of amides is 4. The van der Waals surface area contributed by atoms with Gasteiger partial charge in [-0.15, -0.1) is 0 Å². The van der Waals surface area contributed by atoms with E-state index in [4.69, 9.17) is 0 Å². The van der Waals surface area contributed by atoms with Crippen LogP contribution < -0.4 is 10.6 Å². The summed E-state index contributed by atoms with van der Waals surface area (Å²) in [7, 11) is 3.48. The van der Waals surface area contributed by atoms with Crippen molar-refractivity contribution in [2.45, 2.75) is 32.1 Å². The van der Waals surface area contributed by atoms with Gasteiger partial charge >= 0.3 is 12.1 Å². The molecule has 0 spiro atoms. The molecule has 2 aliphatic heterocycles. The second kappa shape index (κ2) is 3.54. The minimum Gasteiger partial charge on any atom is -0.335 e. The molecular weight excluding hydrogens is 208 g/mol. The summed E-state index contributed by atoms with van der Waals surface area (Å²) in [6.45, 7) is 3.99. The lowest BCUT2D eigenvalue weighted by molar-refractivity contribution is 0.0318. The Morgan fingerprint density at radius 3 is 2.19 bits per heavy atom. The van der Waals surface area contributed by atoms with E-state index in [1.54, 1.807) is 23.9 Å². The van der Waals surface area contributed by atoms with E-state index in [9.17, 15) is 9.59 Å². The Balaban J connectivity index is 2.29. The van der Waals surface area contributed by atoms with Crippen molar-refractivity contribution in [1.29, 1.82) is 0 Å². The van der Waals surface area contributed by atoms with Crippen LogP contribution in [0.25, 0.3) is 0 Å². The molecule has 6 nitrogen and oxygen atoms in total. The molecule has 2 heterocycles. The first kappa shape index (κ1) is 11.0. The van der Waals surface area contributed by atoms with Gasteiger partial charge in [-0.1, -0.05) is 0 Å².